The highest BCUT2D eigenvalue weighted by atomic mass is 16.1. The van der Waals surface area contributed by atoms with E-state index in [1.54, 1.807) is 6.20 Å². The summed E-state index contributed by atoms with van der Waals surface area (Å²) in [4.78, 5) is 19.3. The minimum Gasteiger partial charge on any atom is -0.352 e. The third kappa shape index (κ3) is 1.61. The Morgan fingerprint density at radius 1 is 1.15 bits per heavy atom. The molecule has 2 aromatic heterocycles. The largest absolute Gasteiger partial charge is 0.352 e. The number of aromatic amines is 1. The zero-order chi connectivity index (χ0) is 13.5. The number of fused-ring (bicyclic) bond motifs is 2. The Hall–Kier alpha value is -2.62. The summed E-state index contributed by atoms with van der Waals surface area (Å²) in [6, 6.07) is 10.0. The Bertz CT molecular complexity index is 819. The quantitative estimate of drug-likeness (QED) is 0.708. The summed E-state index contributed by atoms with van der Waals surface area (Å²) in [7, 11) is 0. The number of carbonyl (C=O) groups is 1. The van der Waals surface area contributed by atoms with Crippen molar-refractivity contribution in [2.24, 2.45) is 0 Å². The molecule has 2 N–H and O–H groups in total. The molecule has 3 heterocycles. The average Bonchev–Trinajstić information content (AvgIpc) is 2.91. The zero-order valence-corrected chi connectivity index (χ0v) is 10.8. The summed E-state index contributed by atoms with van der Waals surface area (Å²) < 4.78 is 0. The van der Waals surface area contributed by atoms with E-state index < -0.39 is 0 Å². The van der Waals surface area contributed by atoms with Gasteiger partial charge in [-0.3, -0.25) is 4.79 Å². The van der Waals surface area contributed by atoms with Gasteiger partial charge in [-0.05, 0) is 35.7 Å². The summed E-state index contributed by atoms with van der Waals surface area (Å²) >= 11 is 0. The average molecular weight is 263 g/mol. The van der Waals surface area contributed by atoms with E-state index in [9.17, 15) is 4.79 Å². The van der Waals surface area contributed by atoms with E-state index in [2.05, 4.69) is 27.4 Å². The van der Waals surface area contributed by atoms with Crippen molar-refractivity contribution >= 4 is 16.9 Å². The molecule has 3 aromatic rings. The lowest BCUT2D eigenvalue weighted by molar-refractivity contribution is 0.0946. The number of nitrogens with one attached hydrogen (secondary N) is 2. The number of hydrogen-bond donors (Lipinski definition) is 2. The summed E-state index contributed by atoms with van der Waals surface area (Å²) in [6.07, 6.45) is 4.64. The maximum absolute atomic E-state index is 11.8. The van der Waals surface area contributed by atoms with Gasteiger partial charge in [-0.1, -0.05) is 12.1 Å². The van der Waals surface area contributed by atoms with Crippen molar-refractivity contribution in [1.29, 1.82) is 0 Å². The Labute approximate surface area is 115 Å². The molecule has 0 saturated carbocycles. The molecule has 0 aliphatic carbocycles. The summed E-state index contributed by atoms with van der Waals surface area (Å²) in [5, 5.41) is 3.97. The van der Waals surface area contributed by atoms with Gasteiger partial charge in [-0.2, -0.15) is 0 Å². The zero-order valence-electron chi connectivity index (χ0n) is 10.8. The van der Waals surface area contributed by atoms with E-state index in [0.717, 1.165) is 39.7 Å². The fraction of sp³-hybridized carbons (Fsp3) is 0.125. The van der Waals surface area contributed by atoms with Gasteiger partial charge in [0.15, 0.2) is 0 Å². The van der Waals surface area contributed by atoms with E-state index >= 15 is 0 Å². The van der Waals surface area contributed by atoms with Crippen molar-refractivity contribution in [2.75, 3.05) is 6.54 Å². The van der Waals surface area contributed by atoms with E-state index in [4.69, 9.17) is 0 Å². The van der Waals surface area contributed by atoms with Gasteiger partial charge in [-0.15, -0.1) is 0 Å². The first-order valence-electron chi connectivity index (χ1n) is 6.66. The van der Waals surface area contributed by atoms with Gasteiger partial charge in [0.05, 0.1) is 0 Å². The molecule has 4 heteroatoms. The van der Waals surface area contributed by atoms with Crippen LogP contribution in [0.25, 0.3) is 22.2 Å². The molecule has 98 valence electrons. The van der Waals surface area contributed by atoms with E-state index in [-0.39, 0.29) is 5.91 Å². The first-order valence-corrected chi connectivity index (χ1v) is 6.66. The van der Waals surface area contributed by atoms with Crippen LogP contribution in [-0.4, -0.2) is 22.4 Å². The lowest BCUT2D eigenvalue weighted by Gasteiger charge is -2.17. The number of carbonyl (C=O) groups excluding carboxylic acids is 1. The smallest absolute Gasteiger partial charge is 0.251 e. The van der Waals surface area contributed by atoms with E-state index in [0.29, 0.717) is 6.54 Å². The van der Waals surface area contributed by atoms with Crippen LogP contribution in [0.5, 0.6) is 0 Å². The first kappa shape index (κ1) is 11.2. The van der Waals surface area contributed by atoms with Crippen LogP contribution < -0.4 is 5.32 Å². The van der Waals surface area contributed by atoms with Gasteiger partial charge in [-0.25, -0.2) is 4.98 Å². The van der Waals surface area contributed by atoms with Gasteiger partial charge in [0.25, 0.3) is 5.91 Å². The van der Waals surface area contributed by atoms with Crippen LogP contribution in [0.4, 0.5) is 0 Å². The normalized spacial score (nSPS) is 14.1. The fourth-order valence-corrected chi connectivity index (χ4v) is 2.79. The fourth-order valence-electron chi connectivity index (χ4n) is 2.79. The second-order valence-electron chi connectivity index (χ2n) is 4.98. The maximum atomic E-state index is 11.8. The molecule has 0 fully saturated rings. The third-order valence-corrected chi connectivity index (χ3v) is 3.79. The minimum absolute atomic E-state index is 0.0263. The van der Waals surface area contributed by atoms with Crippen LogP contribution in [0.2, 0.25) is 0 Å². The number of H-pyrrole nitrogens is 1. The van der Waals surface area contributed by atoms with Crippen LogP contribution in [-0.2, 0) is 6.42 Å². The molecule has 0 radical (unpaired) electrons. The predicted molar refractivity (Wildman–Crippen MR) is 77.6 cm³/mol. The Morgan fingerprint density at radius 3 is 3.05 bits per heavy atom. The lowest BCUT2D eigenvalue weighted by Crippen LogP contribution is -2.31. The van der Waals surface area contributed by atoms with Gasteiger partial charge >= 0.3 is 0 Å². The van der Waals surface area contributed by atoms with E-state index in [1.165, 1.54) is 0 Å². The van der Waals surface area contributed by atoms with Crippen LogP contribution >= 0.6 is 0 Å². The summed E-state index contributed by atoms with van der Waals surface area (Å²) in [5.41, 5.74) is 5.04. The monoisotopic (exact) mass is 263 g/mol. The second-order valence-corrected chi connectivity index (χ2v) is 4.98. The number of hydrogen-bond acceptors (Lipinski definition) is 2. The molecule has 0 spiro atoms. The molecule has 1 aliphatic heterocycles. The lowest BCUT2D eigenvalue weighted by atomic mass is 9.95. The number of amides is 1. The highest BCUT2D eigenvalue weighted by Gasteiger charge is 2.17. The van der Waals surface area contributed by atoms with Crippen molar-refractivity contribution in [3.05, 3.63) is 53.9 Å². The highest BCUT2D eigenvalue weighted by Crippen LogP contribution is 2.29. The molecular weight excluding hydrogens is 250 g/mol. The third-order valence-electron chi connectivity index (χ3n) is 3.79. The molecule has 1 aliphatic rings. The van der Waals surface area contributed by atoms with Crippen molar-refractivity contribution in [1.82, 2.24) is 15.3 Å². The van der Waals surface area contributed by atoms with Crippen LogP contribution in [0.15, 0.2) is 42.7 Å². The van der Waals surface area contributed by atoms with Crippen LogP contribution in [0.1, 0.15) is 15.9 Å². The first-order chi connectivity index (χ1) is 9.83. The minimum atomic E-state index is 0.0263. The van der Waals surface area contributed by atoms with E-state index in [1.807, 2.05) is 24.4 Å². The number of aromatic nitrogens is 2. The van der Waals surface area contributed by atoms with Crippen molar-refractivity contribution in [3.8, 4) is 11.1 Å². The maximum Gasteiger partial charge on any atom is 0.251 e. The number of benzene rings is 1. The standard InChI is InChI=1S/C16H13N3O/c20-16-12-4-3-10(8-11(12)5-7-18-16)14-9-19-15-13(14)2-1-6-17-15/h1-4,6,8-9H,5,7H2,(H,17,19)(H,18,20). The molecule has 20 heavy (non-hydrogen) atoms. The van der Waals surface area contributed by atoms with Crippen molar-refractivity contribution in [3.63, 3.8) is 0 Å². The van der Waals surface area contributed by atoms with Crippen LogP contribution in [0, 0.1) is 0 Å². The second kappa shape index (κ2) is 4.20. The van der Waals surface area contributed by atoms with Gasteiger partial charge in [0.2, 0.25) is 0 Å². The van der Waals surface area contributed by atoms with Crippen LogP contribution in [0.3, 0.4) is 0 Å². The molecule has 0 saturated heterocycles. The SMILES string of the molecule is O=C1NCCc2cc(-c3c[nH]c4ncccc34)ccc21. The van der Waals surface area contributed by atoms with Gasteiger partial charge in [0, 0.05) is 35.5 Å². The topological polar surface area (TPSA) is 57.8 Å². The van der Waals surface area contributed by atoms with Crippen molar-refractivity contribution in [2.45, 2.75) is 6.42 Å². The molecule has 0 bridgehead atoms. The molecular formula is C16H13N3O. The Balaban J connectivity index is 1.89. The molecule has 0 unspecified atom stereocenters. The number of rotatable bonds is 1. The molecule has 1 aromatic carbocycles. The van der Waals surface area contributed by atoms with Gasteiger partial charge < -0.3 is 10.3 Å². The molecule has 4 rings (SSSR count). The number of nitrogens with zero attached hydrogens (tertiary/aromatic N) is 1. The Morgan fingerprint density at radius 2 is 2.10 bits per heavy atom. The van der Waals surface area contributed by atoms with Gasteiger partial charge in [0.1, 0.15) is 5.65 Å². The molecule has 0 atom stereocenters. The summed E-state index contributed by atoms with van der Waals surface area (Å²) in [5.74, 6) is 0.0263. The summed E-state index contributed by atoms with van der Waals surface area (Å²) in [6.45, 7) is 0.713. The highest BCUT2D eigenvalue weighted by molar-refractivity contribution is 5.99. The number of pyridine rings is 1. The Kier molecular flexibility index (Phi) is 2.36. The molecule has 1 amide bonds. The molecule has 4 nitrogen and oxygen atoms in total. The van der Waals surface area contributed by atoms with Crippen molar-refractivity contribution < 1.29 is 4.79 Å². The predicted octanol–water partition coefficient (Wildman–Crippen LogP) is 2.52.